The minimum atomic E-state index is 0.132. The van der Waals surface area contributed by atoms with Crippen LogP contribution in [0.5, 0.6) is 0 Å². The third-order valence-corrected chi connectivity index (χ3v) is 1.31. The van der Waals surface area contributed by atoms with Crippen LogP contribution in [0.2, 0.25) is 0 Å². The summed E-state index contributed by atoms with van der Waals surface area (Å²) in [5.41, 5.74) is 0.694. The van der Waals surface area contributed by atoms with Crippen LogP contribution in [-0.4, -0.2) is 12.5 Å². The molecule has 0 radical (unpaired) electrons. The van der Waals surface area contributed by atoms with Gasteiger partial charge in [0.1, 0.15) is 0 Å². The topological polar surface area (TPSA) is 29.4 Å². The number of Topliss-reactive ketones (excluding diaryl/α,β-unsaturated/α-hetero) is 1. The van der Waals surface area contributed by atoms with E-state index >= 15 is 0 Å². The zero-order chi connectivity index (χ0) is 8.69. The molecule has 0 unspecified atom stereocenters. The number of hydrogen-bond acceptors (Lipinski definition) is 2. The Labute approximate surface area is 67.3 Å². The molecule has 11 heavy (non-hydrogen) atoms. The van der Waals surface area contributed by atoms with Crippen LogP contribution in [0, 0.1) is 0 Å². The van der Waals surface area contributed by atoms with Crippen LogP contribution in [0.3, 0.4) is 0 Å². The lowest BCUT2D eigenvalue weighted by molar-refractivity contribution is -0.115. The molecule has 0 bridgehead atoms. The molecule has 0 aromatic rings. The van der Waals surface area contributed by atoms with E-state index < -0.39 is 0 Å². The van der Waals surface area contributed by atoms with Gasteiger partial charge in [0.15, 0.2) is 5.78 Å². The molecule has 0 rings (SSSR count). The number of nitrogens with zero attached hydrogens (tertiary/aromatic N) is 1. The predicted octanol–water partition coefficient (Wildman–Crippen LogP) is 2.13. The highest BCUT2D eigenvalue weighted by atomic mass is 16.1. The van der Waals surface area contributed by atoms with Crippen LogP contribution < -0.4 is 0 Å². The van der Waals surface area contributed by atoms with E-state index in [2.05, 4.69) is 11.7 Å². The summed E-state index contributed by atoms with van der Waals surface area (Å²) in [5.74, 6) is 0.132. The van der Waals surface area contributed by atoms with E-state index in [4.69, 9.17) is 0 Å². The molecule has 0 aliphatic carbocycles. The zero-order valence-electron chi connectivity index (χ0n) is 7.00. The summed E-state index contributed by atoms with van der Waals surface area (Å²) in [6.07, 6.45) is 5.48. The van der Waals surface area contributed by atoms with E-state index in [0.717, 1.165) is 0 Å². The monoisotopic (exact) mass is 151 g/mol. The normalized spacial score (nSPS) is 12.0. The molecule has 0 amide bonds. The highest BCUT2D eigenvalue weighted by Crippen LogP contribution is 2.01. The number of rotatable bonds is 4. The minimum Gasteiger partial charge on any atom is -0.294 e. The van der Waals surface area contributed by atoms with Crippen LogP contribution >= 0.6 is 0 Å². The summed E-state index contributed by atoms with van der Waals surface area (Å²) in [6.45, 7) is 6.94. The van der Waals surface area contributed by atoms with Gasteiger partial charge in [-0.2, -0.15) is 0 Å². The molecule has 0 heterocycles. The molecule has 0 saturated carbocycles. The molecular weight excluding hydrogens is 138 g/mol. The maximum atomic E-state index is 11.1. The number of carbonyl (C=O) groups is 1. The fraction of sp³-hybridized carbons (Fsp3) is 0.333. The van der Waals surface area contributed by atoms with Gasteiger partial charge in [-0.05, 0) is 19.7 Å². The standard InChI is InChI=1S/C9H13NO/c1-4-8(6-7-10-3)9(11)5-2/h4,6-7H,3,5H2,1-2H3/b7-6-,8-4+. The van der Waals surface area contributed by atoms with Crippen molar-refractivity contribution in [2.45, 2.75) is 20.3 Å². The van der Waals surface area contributed by atoms with Gasteiger partial charge in [-0.25, -0.2) is 0 Å². The van der Waals surface area contributed by atoms with Gasteiger partial charge in [0.25, 0.3) is 0 Å². The number of carbonyl (C=O) groups excluding carboxylic acids is 1. The van der Waals surface area contributed by atoms with Crippen molar-refractivity contribution in [3.8, 4) is 0 Å². The zero-order valence-corrected chi connectivity index (χ0v) is 7.00. The molecule has 0 saturated heterocycles. The Kier molecular flexibility index (Phi) is 4.99. The molecule has 0 spiro atoms. The first-order valence-electron chi connectivity index (χ1n) is 3.58. The summed E-state index contributed by atoms with van der Waals surface area (Å²) in [5, 5.41) is 0. The van der Waals surface area contributed by atoms with Crippen molar-refractivity contribution in [1.29, 1.82) is 0 Å². The summed E-state index contributed by atoms with van der Waals surface area (Å²) in [6, 6.07) is 0. The Bertz CT molecular complexity index is 202. The maximum Gasteiger partial charge on any atom is 0.162 e. The van der Waals surface area contributed by atoms with E-state index in [0.29, 0.717) is 12.0 Å². The molecule has 0 aromatic heterocycles. The first kappa shape index (κ1) is 9.82. The molecule has 0 atom stereocenters. The van der Waals surface area contributed by atoms with Gasteiger partial charge in [0, 0.05) is 18.2 Å². The lowest BCUT2D eigenvalue weighted by Gasteiger charge is -1.94. The van der Waals surface area contributed by atoms with Gasteiger partial charge in [-0.3, -0.25) is 9.79 Å². The van der Waals surface area contributed by atoms with E-state index in [1.165, 1.54) is 6.20 Å². The van der Waals surface area contributed by atoms with Crippen LogP contribution in [0.4, 0.5) is 0 Å². The third-order valence-electron chi connectivity index (χ3n) is 1.31. The molecule has 0 N–H and O–H groups in total. The number of aliphatic imine (C=N–C) groups is 1. The first-order valence-corrected chi connectivity index (χ1v) is 3.58. The Morgan fingerprint density at radius 3 is 2.64 bits per heavy atom. The van der Waals surface area contributed by atoms with Crippen LogP contribution in [0.1, 0.15) is 20.3 Å². The van der Waals surface area contributed by atoms with Crippen LogP contribution in [-0.2, 0) is 4.79 Å². The van der Waals surface area contributed by atoms with Crippen molar-refractivity contribution in [3.05, 3.63) is 23.9 Å². The molecule has 0 aliphatic rings. The molecule has 0 aliphatic heterocycles. The molecule has 60 valence electrons. The maximum absolute atomic E-state index is 11.1. The molecular formula is C9H13NO. The van der Waals surface area contributed by atoms with Crippen molar-refractivity contribution < 1.29 is 4.79 Å². The van der Waals surface area contributed by atoms with Crippen molar-refractivity contribution in [3.63, 3.8) is 0 Å². The number of ketones is 1. The summed E-state index contributed by atoms with van der Waals surface area (Å²) < 4.78 is 0. The lowest BCUT2D eigenvalue weighted by atomic mass is 10.1. The highest BCUT2D eigenvalue weighted by Gasteiger charge is 1.99. The van der Waals surface area contributed by atoms with Crippen molar-refractivity contribution in [1.82, 2.24) is 0 Å². The minimum absolute atomic E-state index is 0.132. The van der Waals surface area contributed by atoms with Crippen molar-refractivity contribution in [2.75, 3.05) is 0 Å². The lowest BCUT2D eigenvalue weighted by Crippen LogP contribution is -1.96. The Hall–Kier alpha value is -1.18. The molecule has 2 nitrogen and oxygen atoms in total. The average molecular weight is 151 g/mol. The highest BCUT2D eigenvalue weighted by molar-refractivity contribution is 5.97. The Balaban J connectivity index is 4.31. The molecule has 2 heteroatoms. The summed E-state index contributed by atoms with van der Waals surface area (Å²) in [7, 11) is 0. The van der Waals surface area contributed by atoms with Crippen LogP contribution in [0.25, 0.3) is 0 Å². The predicted molar refractivity (Wildman–Crippen MR) is 47.7 cm³/mol. The Morgan fingerprint density at radius 2 is 2.27 bits per heavy atom. The number of hydrogen-bond donors (Lipinski definition) is 0. The van der Waals surface area contributed by atoms with Gasteiger partial charge in [-0.15, -0.1) is 0 Å². The second-order valence-electron chi connectivity index (χ2n) is 2.02. The van der Waals surface area contributed by atoms with Gasteiger partial charge in [0.05, 0.1) is 0 Å². The SMILES string of the molecule is C=N/C=C\C(=C/C)C(=O)CC. The summed E-state index contributed by atoms with van der Waals surface area (Å²) >= 11 is 0. The fourth-order valence-electron chi connectivity index (χ4n) is 0.687. The van der Waals surface area contributed by atoms with E-state index in [-0.39, 0.29) is 5.78 Å². The van der Waals surface area contributed by atoms with Crippen LogP contribution in [0.15, 0.2) is 28.9 Å². The van der Waals surface area contributed by atoms with Gasteiger partial charge < -0.3 is 0 Å². The second kappa shape index (κ2) is 5.59. The summed E-state index contributed by atoms with van der Waals surface area (Å²) in [4.78, 5) is 14.6. The first-order chi connectivity index (χ1) is 5.26. The number of allylic oxidation sites excluding steroid dienone is 3. The second-order valence-corrected chi connectivity index (χ2v) is 2.02. The quantitative estimate of drug-likeness (QED) is 0.344. The largest absolute Gasteiger partial charge is 0.294 e. The smallest absolute Gasteiger partial charge is 0.162 e. The van der Waals surface area contributed by atoms with Gasteiger partial charge in [-0.1, -0.05) is 13.0 Å². The third kappa shape index (κ3) is 3.50. The molecule has 0 aromatic carbocycles. The van der Waals surface area contributed by atoms with Gasteiger partial charge >= 0.3 is 0 Å². The van der Waals surface area contributed by atoms with E-state index in [1.54, 1.807) is 12.2 Å². The fourth-order valence-corrected chi connectivity index (χ4v) is 0.687. The van der Waals surface area contributed by atoms with E-state index in [9.17, 15) is 4.79 Å². The molecule has 0 fully saturated rings. The Morgan fingerprint density at radius 1 is 1.64 bits per heavy atom. The van der Waals surface area contributed by atoms with E-state index in [1.807, 2.05) is 13.8 Å². The average Bonchev–Trinajstić information content (AvgIpc) is 2.05. The van der Waals surface area contributed by atoms with Crippen molar-refractivity contribution in [2.24, 2.45) is 4.99 Å². The van der Waals surface area contributed by atoms with Crippen molar-refractivity contribution >= 4 is 12.5 Å². The van der Waals surface area contributed by atoms with Gasteiger partial charge in [0.2, 0.25) is 0 Å².